The first-order valence-electron chi connectivity index (χ1n) is 5.91. The molecule has 6 heteroatoms. The summed E-state index contributed by atoms with van der Waals surface area (Å²) in [5, 5.41) is 8.85. The SMILES string of the molecule is CCCN(CC(=O)O)Cc1cn2cccnc2n1. The van der Waals surface area contributed by atoms with Crippen LogP contribution in [0.4, 0.5) is 0 Å². The number of carbonyl (C=O) groups is 1. The van der Waals surface area contributed by atoms with Gasteiger partial charge in [0.1, 0.15) is 0 Å². The Balaban J connectivity index is 2.12. The van der Waals surface area contributed by atoms with Crippen molar-refractivity contribution in [2.45, 2.75) is 19.9 Å². The number of aromatic nitrogens is 3. The molecule has 18 heavy (non-hydrogen) atoms. The molecule has 0 saturated heterocycles. The molecule has 0 aromatic carbocycles. The molecular weight excluding hydrogens is 232 g/mol. The maximum Gasteiger partial charge on any atom is 0.317 e. The third kappa shape index (κ3) is 3.04. The maximum atomic E-state index is 10.8. The lowest BCUT2D eigenvalue weighted by Gasteiger charge is -2.17. The van der Waals surface area contributed by atoms with E-state index in [9.17, 15) is 4.79 Å². The largest absolute Gasteiger partial charge is 0.480 e. The third-order valence-electron chi connectivity index (χ3n) is 2.57. The second-order valence-electron chi connectivity index (χ2n) is 4.16. The van der Waals surface area contributed by atoms with Gasteiger partial charge in [-0.25, -0.2) is 9.97 Å². The highest BCUT2D eigenvalue weighted by atomic mass is 16.4. The molecule has 1 N–H and O–H groups in total. The van der Waals surface area contributed by atoms with Crippen LogP contribution in [0, 0.1) is 0 Å². The second-order valence-corrected chi connectivity index (χ2v) is 4.16. The first kappa shape index (κ1) is 12.5. The summed E-state index contributed by atoms with van der Waals surface area (Å²) in [6.45, 7) is 3.34. The Morgan fingerprint density at radius 3 is 3.06 bits per heavy atom. The van der Waals surface area contributed by atoms with E-state index >= 15 is 0 Å². The summed E-state index contributed by atoms with van der Waals surface area (Å²) < 4.78 is 1.83. The highest BCUT2D eigenvalue weighted by molar-refractivity contribution is 5.69. The number of imidazole rings is 1. The predicted octanol–water partition coefficient (Wildman–Crippen LogP) is 1.03. The van der Waals surface area contributed by atoms with Crippen LogP contribution in [0.15, 0.2) is 24.7 Å². The topological polar surface area (TPSA) is 70.7 Å². The van der Waals surface area contributed by atoms with E-state index in [-0.39, 0.29) is 6.54 Å². The van der Waals surface area contributed by atoms with Gasteiger partial charge in [-0.05, 0) is 19.0 Å². The monoisotopic (exact) mass is 248 g/mol. The zero-order valence-electron chi connectivity index (χ0n) is 10.3. The fourth-order valence-electron chi connectivity index (χ4n) is 1.91. The van der Waals surface area contributed by atoms with Crippen LogP contribution >= 0.6 is 0 Å². The molecule has 0 amide bonds. The van der Waals surface area contributed by atoms with Crippen molar-refractivity contribution < 1.29 is 9.90 Å². The van der Waals surface area contributed by atoms with Crippen LogP contribution in [0.5, 0.6) is 0 Å². The Bertz CT molecular complexity index is 505. The third-order valence-corrected chi connectivity index (χ3v) is 2.57. The number of aliphatic carboxylic acids is 1. The van der Waals surface area contributed by atoms with Crippen LogP contribution in [-0.4, -0.2) is 43.4 Å². The quantitative estimate of drug-likeness (QED) is 0.826. The normalized spacial score (nSPS) is 11.2. The van der Waals surface area contributed by atoms with Crippen LogP contribution in [0.3, 0.4) is 0 Å². The summed E-state index contributed by atoms with van der Waals surface area (Å²) in [4.78, 5) is 21.1. The molecular formula is C12H16N4O2. The molecule has 2 heterocycles. The van der Waals surface area contributed by atoms with Crippen molar-refractivity contribution in [1.29, 1.82) is 0 Å². The van der Waals surface area contributed by atoms with Crippen LogP contribution in [0.25, 0.3) is 5.78 Å². The minimum atomic E-state index is -0.815. The zero-order chi connectivity index (χ0) is 13.0. The number of hydrogen-bond acceptors (Lipinski definition) is 4. The van der Waals surface area contributed by atoms with E-state index in [1.807, 2.05) is 34.7 Å². The molecule has 0 atom stereocenters. The van der Waals surface area contributed by atoms with E-state index < -0.39 is 5.97 Å². The van der Waals surface area contributed by atoms with Crippen LogP contribution < -0.4 is 0 Å². The number of hydrogen-bond donors (Lipinski definition) is 1. The van der Waals surface area contributed by atoms with E-state index in [4.69, 9.17) is 5.11 Å². The van der Waals surface area contributed by atoms with E-state index in [2.05, 4.69) is 9.97 Å². The smallest absolute Gasteiger partial charge is 0.317 e. The number of fused-ring (bicyclic) bond motifs is 1. The Morgan fingerprint density at radius 2 is 2.39 bits per heavy atom. The molecule has 2 aromatic rings. The van der Waals surface area contributed by atoms with Crippen molar-refractivity contribution in [3.63, 3.8) is 0 Å². The number of carboxylic acids is 1. The Kier molecular flexibility index (Phi) is 3.88. The van der Waals surface area contributed by atoms with Crippen LogP contribution in [0.2, 0.25) is 0 Å². The zero-order valence-corrected chi connectivity index (χ0v) is 10.3. The summed E-state index contributed by atoms with van der Waals surface area (Å²) >= 11 is 0. The highest BCUT2D eigenvalue weighted by Gasteiger charge is 2.11. The first-order valence-corrected chi connectivity index (χ1v) is 5.91. The summed E-state index contributed by atoms with van der Waals surface area (Å²) in [5.74, 6) is -0.176. The minimum Gasteiger partial charge on any atom is -0.480 e. The van der Waals surface area contributed by atoms with E-state index in [1.54, 1.807) is 6.20 Å². The molecule has 0 aliphatic carbocycles. The van der Waals surface area contributed by atoms with Crippen LogP contribution in [0.1, 0.15) is 19.0 Å². The lowest BCUT2D eigenvalue weighted by atomic mass is 10.3. The van der Waals surface area contributed by atoms with Crippen LogP contribution in [-0.2, 0) is 11.3 Å². The maximum absolute atomic E-state index is 10.8. The lowest BCUT2D eigenvalue weighted by molar-refractivity contribution is -0.138. The Morgan fingerprint density at radius 1 is 1.56 bits per heavy atom. The van der Waals surface area contributed by atoms with E-state index in [1.165, 1.54) is 0 Å². The van der Waals surface area contributed by atoms with Gasteiger partial charge in [-0.1, -0.05) is 6.92 Å². The van der Waals surface area contributed by atoms with Gasteiger partial charge in [-0.3, -0.25) is 14.1 Å². The van der Waals surface area contributed by atoms with Gasteiger partial charge >= 0.3 is 5.97 Å². The summed E-state index contributed by atoms with van der Waals surface area (Å²) in [7, 11) is 0. The van der Waals surface area contributed by atoms with E-state index in [0.29, 0.717) is 12.3 Å². The average molecular weight is 248 g/mol. The summed E-state index contributed by atoms with van der Waals surface area (Å²) in [6, 6.07) is 1.83. The summed E-state index contributed by atoms with van der Waals surface area (Å²) in [5.41, 5.74) is 0.836. The van der Waals surface area contributed by atoms with Gasteiger partial charge < -0.3 is 5.11 Å². The van der Waals surface area contributed by atoms with Gasteiger partial charge in [0.25, 0.3) is 0 Å². The van der Waals surface area contributed by atoms with E-state index in [0.717, 1.165) is 18.7 Å². The number of rotatable bonds is 6. The molecule has 0 radical (unpaired) electrons. The molecule has 0 saturated carbocycles. The van der Waals surface area contributed by atoms with Gasteiger partial charge in [0.15, 0.2) is 0 Å². The van der Waals surface area contributed by atoms with Gasteiger partial charge in [-0.2, -0.15) is 0 Å². The van der Waals surface area contributed by atoms with Crippen molar-refractivity contribution in [3.8, 4) is 0 Å². The molecule has 2 rings (SSSR count). The van der Waals surface area contributed by atoms with Gasteiger partial charge in [0.05, 0.1) is 12.2 Å². The molecule has 0 aliphatic heterocycles. The van der Waals surface area contributed by atoms with Crippen molar-refractivity contribution in [3.05, 3.63) is 30.4 Å². The minimum absolute atomic E-state index is 0.0368. The standard InChI is InChI=1S/C12H16N4O2/c1-2-5-15(9-11(17)18)7-10-8-16-6-3-4-13-12(16)14-10/h3-4,6,8H,2,5,7,9H2,1H3,(H,17,18). The second kappa shape index (κ2) is 5.59. The predicted molar refractivity (Wildman–Crippen MR) is 66.2 cm³/mol. The molecule has 96 valence electrons. The van der Waals surface area contributed by atoms with Gasteiger partial charge in [-0.15, -0.1) is 0 Å². The number of nitrogens with zero attached hydrogens (tertiary/aromatic N) is 4. The molecule has 0 fully saturated rings. The van der Waals surface area contributed by atoms with Crippen molar-refractivity contribution >= 4 is 11.7 Å². The molecule has 0 spiro atoms. The van der Waals surface area contributed by atoms with Gasteiger partial charge in [0.2, 0.25) is 5.78 Å². The van der Waals surface area contributed by atoms with Crippen molar-refractivity contribution in [1.82, 2.24) is 19.3 Å². The van der Waals surface area contributed by atoms with Crippen molar-refractivity contribution in [2.75, 3.05) is 13.1 Å². The number of carboxylic acid groups (broad SMARTS) is 1. The van der Waals surface area contributed by atoms with Gasteiger partial charge in [0, 0.05) is 25.1 Å². The fourth-order valence-corrected chi connectivity index (χ4v) is 1.91. The summed E-state index contributed by atoms with van der Waals surface area (Å²) in [6.07, 6.45) is 6.36. The highest BCUT2D eigenvalue weighted by Crippen LogP contribution is 2.06. The Labute approximate surface area is 105 Å². The average Bonchev–Trinajstić information content (AvgIpc) is 2.70. The van der Waals surface area contributed by atoms with Crippen molar-refractivity contribution in [2.24, 2.45) is 0 Å². The fraction of sp³-hybridized carbons (Fsp3) is 0.417. The molecule has 0 aliphatic rings. The first-order chi connectivity index (χ1) is 8.69. The molecule has 0 unspecified atom stereocenters. The Hall–Kier alpha value is -1.95. The lowest BCUT2D eigenvalue weighted by Crippen LogP contribution is -2.30. The molecule has 0 bridgehead atoms. The molecule has 6 nitrogen and oxygen atoms in total. The molecule has 2 aromatic heterocycles.